The molecule has 9 atom stereocenters. The van der Waals surface area contributed by atoms with Gasteiger partial charge in [-0.1, -0.05) is 22.6 Å². The van der Waals surface area contributed by atoms with Crippen molar-refractivity contribution in [1.29, 1.82) is 0 Å². The first-order valence-corrected chi connectivity index (χ1v) is 7.77. The number of nitrogens with zero attached hydrogens (tertiary/aromatic N) is 1. The van der Waals surface area contributed by atoms with Crippen LogP contribution in [0.25, 0.3) is 0 Å². The largest absolute Gasteiger partial charge is 0.350 e. The number of hydrazone groups is 1. The second-order valence-corrected chi connectivity index (χ2v) is 7.83. The van der Waals surface area contributed by atoms with E-state index in [-0.39, 0.29) is 21.7 Å². The van der Waals surface area contributed by atoms with Crippen LogP contribution in [-0.4, -0.2) is 21.3 Å². The molecule has 6 heteroatoms. The van der Waals surface area contributed by atoms with Gasteiger partial charge in [0.25, 0.3) is 0 Å². The predicted molar refractivity (Wildman–Crippen MR) is 70.8 cm³/mol. The molecule has 0 heterocycles. The van der Waals surface area contributed by atoms with Crippen molar-refractivity contribution in [2.24, 2.45) is 52.3 Å². The molecule has 3 N–H and O–H groups in total. The Kier molecular flexibility index (Phi) is 1.57. The normalized spacial score (nSPS) is 66.9. The quantitative estimate of drug-likeness (QED) is 0.413. The number of halogens is 2. The summed E-state index contributed by atoms with van der Waals surface area (Å²) in [6.45, 7) is 0. The Morgan fingerprint density at radius 2 is 2.28 bits per heavy atom. The second kappa shape index (κ2) is 2.71. The first-order chi connectivity index (χ1) is 8.56. The molecule has 0 saturated heterocycles. The van der Waals surface area contributed by atoms with E-state index in [0.29, 0.717) is 23.7 Å². The number of alkyl halides is 2. The van der Waals surface area contributed by atoms with E-state index in [9.17, 15) is 4.79 Å². The zero-order valence-corrected chi connectivity index (χ0v) is 11.7. The fourth-order valence-electron chi connectivity index (χ4n) is 6.44. The molecule has 0 aliphatic heterocycles. The van der Waals surface area contributed by atoms with Crippen LogP contribution in [0.15, 0.2) is 5.10 Å². The number of hydrogen-bond donors (Lipinski definition) is 2. The van der Waals surface area contributed by atoms with Gasteiger partial charge in [-0.15, -0.1) is 0 Å². The fourth-order valence-corrected chi connectivity index (χ4v) is 8.26. The lowest BCUT2D eigenvalue weighted by Crippen LogP contribution is -2.42. The molecule has 6 fully saturated rings. The summed E-state index contributed by atoms with van der Waals surface area (Å²) < 4.78 is 15.6. The Labute approximate surface area is 117 Å². The van der Waals surface area contributed by atoms with Crippen molar-refractivity contribution in [3.63, 3.8) is 0 Å². The van der Waals surface area contributed by atoms with Crippen molar-refractivity contribution in [3.8, 4) is 0 Å². The Morgan fingerprint density at radius 1 is 1.50 bits per heavy atom. The van der Waals surface area contributed by atoms with Gasteiger partial charge in [-0.3, -0.25) is 0 Å². The van der Waals surface area contributed by atoms with Crippen molar-refractivity contribution in [1.82, 2.24) is 5.43 Å². The van der Waals surface area contributed by atoms with E-state index >= 15 is 4.39 Å². The lowest BCUT2D eigenvalue weighted by molar-refractivity contribution is 0.0218. The average molecular weight is 361 g/mol. The molecule has 0 aromatic heterocycles. The molecule has 0 radical (unpaired) electrons. The maximum atomic E-state index is 15.4. The summed E-state index contributed by atoms with van der Waals surface area (Å²) in [7, 11) is 0. The van der Waals surface area contributed by atoms with Crippen LogP contribution in [0.2, 0.25) is 0 Å². The van der Waals surface area contributed by atoms with Gasteiger partial charge in [-0.05, 0) is 30.1 Å². The van der Waals surface area contributed by atoms with Crippen LogP contribution in [0.5, 0.6) is 0 Å². The van der Waals surface area contributed by atoms with Crippen molar-refractivity contribution in [3.05, 3.63) is 0 Å². The number of primary amides is 1. The Morgan fingerprint density at radius 3 is 2.94 bits per heavy atom. The number of carbonyl (C=O) groups is 1. The molecule has 6 aliphatic rings. The minimum absolute atomic E-state index is 0.0324. The lowest BCUT2D eigenvalue weighted by atomic mass is 9.70. The average Bonchev–Trinajstić information content (AvgIpc) is 2.99. The summed E-state index contributed by atoms with van der Waals surface area (Å²) in [6.07, 6.45) is 1.18. The van der Waals surface area contributed by atoms with Gasteiger partial charge in [-0.2, -0.15) is 5.10 Å². The number of urea groups is 1. The first-order valence-electron chi connectivity index (χ1n) is 6.52. The molecule has 6 aliphatic carbocycles. The van der Waals surface area contributed by atoms with Gasteiger partial charge < -0.3 is 5.73 Å². The predicted octanol–water partition coefficient (Wildman–Crippen LogP) is 1.29. The van der Waals surface area contributed by atoms with Crippen LogP contribution < -0.4 is 11.2 Å². The maximum Gasteiger partial charge on any atom is 0.332 e. The summed E-state index contributed by atoms with van der Waals surface area (Å²) in [5, 5.41) is 4.17. The van der Waals surface area contributed by atoms with E-state index in [0.717, 1.165) is 5.71 Å². The molecule has 4 nitrogen and oxygen atoms in total. The standard InChI is InChI=1S/C12H13FIN3O/c13-12-7-3-1-2-4(5(3)10(12)14)8(12)9(6(2)7)16-17-11(15)18/h2-8,10H,1H2,(H3,15,17,18)/t2-,3-,4+,5-,6-,7-,8+,10-,12+/m0/s1. The van der Waals surface area contributed by atoms with Gasteiger partial charge in [-0.25, -0.2) is 14.6 Å². The smallest absolute Gasteiger partial charge is 0.332 e. The van der Waals surface area contributed by atoms with E-state index in [1.54, 1.807) is 0 Å². The third kappa shape index (κ3) is 0.750. The summed E-state index contributed by atoms with van der Waals surface area (Å²) in [5.74, 6) is 2.70. The van der Waals surface area contributed by atoms with Gasteiger partial charge >= 0.3 is 6.03 Å². The summed E-state index contributed by atoms with van der Waals surface area (Å²) in [6, 6.07) is -0.653. The summed E-state index contributed by atoms with van der Waals surface area (Å²) in [4.78, 5) is 10.8. The Hall–Kier alpha value is -0.400. The van der Waals surface area contributed by atoms with Crippen LogP contribution in [0, 0.1) is 41.4 Å². The minimum Gasteiger partial charge on any atom is -0.350 e. The van der Waals surface area contributed by atoms with Gasteiger partial charge in [0, 0.05) is 27.4 Å². The fraction of sp³-hybridized carbons (Fsp3) is 0.833. The molecule has 6 rings (SSSR count). The third-order valence-corrected chi connectivity index (χ3v) is 8.16. The third-order valence-electron chi connectivity index (χ3n) is 6.38. The summed E-state index contributed by atoms with van der Waals surface area (Å²) >= 11 is 2.33. The minimum atomic E-state index is -1.05. The first kappa shape index (κ1) is 10.4. The molecule has 0 spiro atoms. The molecule has 18 heavy (non-hydrogen) atoms. The topological polar surface area (TPSA) is 67.5 Å². The van der Waals surface area contributed by atoms with E-state index in [1.807, 2.05) is 0 Å². The Balaban J connectivity index is 1.67. The molecule has 0 aromatic rings. The lowest BCUT2D eigenvalue weighted by Gasteiger charge is -2.36. The van der Waals surface area contributed by atoms with Crippen molar-refractivity contribution >= 4 is 34.3 Å². The highest BCUT2D eigenvalue weighted by molar-refractivity contribution is 14.1. The van der Waals surface area contributed by atoms with Crippen LogP contribution in [0.1, 0.15) is 6.42 Å². The molecular formula is C12H13FIN3O. The molecule has 0 unspecified atom stereocenters. The van der Waals surface area contributed by atoms with Gasteiger partial charge in [0.1, 0.15) is 5.67 Å². The molecule has 2 amide bonds. The number of nitrogens with one attached hydrogen (secondary N) is 1. The number of amides is 2. The van der Waals surface area contributed by atoms with E-state index in [1.165, 1.54) is 6.42 Å². The highest BCUT2D eigenvalue weighted by Crippen LogP contribution is 2.85. The van der Waals surface area contributed by atoms with Crippen LogP contribution in [-0.2, 0) is 0 Å². The molecule has 0 aromatic carbocycles. The monoisotopic (exact) mass is 361 g/mol. The zero-order valence-electron chi connectivity index (χ0n) is 9.51. The van der Waals surface area contributed by atoms with Crippen LogP contribution in [0.4, 0.5) is 9.18 Å². The maximum absolute atomic E-state index is 15.4. The second-order valence-electron chi connectivity index (χ2n) is 6.49. The molecule has 6 saturated carbocycles. The van der Waals surface area contributed by atoms with Gasteiger partial charge in [0.15, 0.2) is 0 Å². The number of hydrogen-bond acceptors (Lipinski definition) is 2. The van der Waals surface area contributed by atoms with Gasteiger partial charge in [0.2, 0.25) is 0 Å². The number of rotatable bonds is 1. The van der Waals surface area contributed by atoms with Crippen molar-refractivity contribution in [2.75, 3.05) is 0 Å². The number of carbonyl (C=O) groups excluding carboxylic acids is 1. The van der Waals surface area contributed by atoms with Crippen LogP contribution in [0.3, 0.4) is 0 Å². The van der Waals surface area contributed by atoms with E-state index < -0.39 is 11.7 Å². The van der Waals surface area contributed by atoms with Crippen LogP contribution >= 0.6 is 22.6 Å². The SMILES string of the molecule is NC(=O)NN=C1[C@H]2[C@H]3C[C@H]4[C@H]5[C@@H]3[C@H]1[C@](F)([C@@H]42)[C@H]5I. The number of nitrogens with two attached hydrogens (primary N) is 1. The molecule has 96 valence electrons. The molecular weight excluding hydrogens is 348 g/mol. The Bertz CT molecular complexity index is 523. The van der Waals surface area contributed by atoms with E-state index in [4.69, 9.17) is 5.73 Å². The zero-order chi connectivity index (χ0) is 12.4. The molecule has 6 bridgehead atoms. The highest BCUT2D eigenvalue weighted by atomic mass is 127. The highest BCUT2D eigenvalue weighted by Gasteiger charge is 2.89. The summed E-state index contributed by atoms with van der Waals surface area (Å²) in [5.41, 5.74) is 7.26. The van der Waals surface area contributed by atoms with Crippen molar-refractivity contribution < 1.29 is 9.18 Å². The van der Waals surface area contributed by atoms with Gasteiger partial charge in [0.05, 0.1) is 0 Å². The van der Waals surface area contributed by atoms with Crippen molar-refractivity contribution in [2.45, 2.75) is 16.0 Å². The van der Waals surface area contributed by atoms with E-state index in [2.05, 4.69) is 33.1 Å².